The fourth-order valence-electron chi connectivity index (χ4n) is 1.54. The number of aromatic nitrogens is 1. The fraction of sp³-hybridized carbons (Fsp3) is 0.462. The molecule has 0 bridgehead atoms. The minimum Gasteiger partial charge on any atom is -0.373 e. The van der Waals surface area contributed by atoms with Crippen molar-refractivity contribution in [1.29, 1.82) is 0 Å². The number of anilines is 1. The second kappa shape index (κ2) is 6.56. The molecule has 6 nitrogen and oxygen atoms in total. The van der Waals surface area contributed by atoms with E-state index in [0.29, 0.717) is 5.82 Å². The first-order chi connectivity index (χ1) is 9.31. The summed E-state index contributed by atoms with van der Waals surface area (Å²) in [6.45, 7) is 3.67. The Morgan fingerprint density at radius 2 is 1.95 bits per heavy atom. The van der Waals surface area contributed by atoms with Gasteiger partial charge in [0.1, 0.15) is 11.5 Å². The normalized spacial score (nSPS) is 10.8. The topological polar surface area (TPSA) is 83.1 Å². The van der Waals surface area contributed by atoms with Crippen LogP contribution in [0.3, 0.4) is 0 Å². The second-order valence-electron chi connectivity index (χ2n) is 4.92. The van der Waals surface area contributed by atoms with Crippen molar-refractivity contribution >= 4 is 29.2 Å². The molecule has 0 aliphatic heterocycles. The Bertz CT molecular complexity index is 517. The summed E-state index contributed by atoms with van der Waals surface area (Å²) in [6, 6.07) is 3.27. The van der Waals surface area contributed by atoms with E-state index >= 15 is 0 Å². The number of carbonyl (C=O) groups excluding carboxylic acids is 2. The largest absolute Gasteiger partial charge is 0.373 e. The van der Waals surface area contributed by atoms with Gasteiger partial charge in [-0.05, 0) is 26.0 Å². The van der Waals surface area contributed by atoms with E-state index < -0.39 is 11.3 Å². The van der Waals surface area contributed by atoms with E-state index in [1.807, 2.05) is 0 Å². The summed E-state index contributed by atoms with van der Waals surface area (Å²) in [4.78, 5) is 27.8. The third-order valence-electron chi connectivity index (χ3n) is 2.85. The smallest absolute Gasteiger partial charge is 0.271 e. The second-order valence-corrected chi connectivity index (χ2v) is 5.33. The number of hydrogen-bond acceptors (Lipinski definition) is 4. The molecule has 0 spiro atoms. The minimum atomic E-state index is -0.711. The molecule has 7 heteroatoms. The molecule has 0 saturated heterocycles. The lowest BCUT2D eigenvalue weighted by Crippen LogP contribution is -2.43. The standard InChI is InChI=1S/C13H19ClN4O2/c1-13(2,12(20)16-4)7-17-11(19)10-8(14)5-6-9(15-3)18-10/h5-6H,7H2,1-4H3,(H,15,18)(H,16,20)(H,17,19). The highest BCUT2D eigenvalue weighted by Crippen LogP contribution is 2.18. The number of pyridine rings is 1. The number of halogens is 1. The van der Waals surface area contributed by atoms with E-state index in [0.717, 1.165) is 0 Å². The van der Waals surface area contributed by atoms with E-state index in [2.05, 4.69) is 20.9 Å². The fourth-order valence-corrected chi connectivity index (χ4v) is 1.74. The maximum absolute atomic E-state index is 12.1. The molecule has 0 unspecified atom stereocenters. The quantitative estimate of drug-likeness (QED) is 0.765. The van der Waals surface area contributed by atoms with Gasteiger partial charge in [-0.15, -0.1) is 0 Å². The SMILES string of the molecule is CNC(=O)C(C)(C)CNC(=O)c1nc(NC)ccc1Cl. The van der Waals surface area contributed by atoms with E-state index in [1.165, 1.54) is 0 Å². The van der Waals surface area contributed by atoms with Gasteiger partial charge < -0.3 is 16.0 Å². The van der Waals surface area contributed by atoms with Crippen LogP contribution in [0, 0.1) is 5.41 Å². The van der Waals surface area contributed by atoms with Crippen molar-refractivity contribution in [2.75, 3.05) is 26.0 Å². The molecule has 0 aliphatic rings. The first kappa shape index (κ1) is 16.2. The number of carbonyl (C=O) groups is 2. The van der Waals surface area contributed by atoms with Gasteiger partial charge in [0, 0.05) is 20.6 Å². The van der Waals surface area contributed by atoms with Crippen LogP contribution in [0.5, 0.6) is 0 Å². The highest BCUT2D eigenvalue weighted by Gasteiger charge is 2.27. The highest BCUT2D eigenvalue weighted by atomic mass is 35.5. The summed E-state index contributed by atoms with van der Waals surface area (Å²) in [5, 5.41) is 8.33. The summed E-state index contributed by atoms with van der Waals surface area (Å²) < 4.78 is 0. The lowest BCUT2D eigenvalue weighted by atomic mass is 9.92. The predicted octanol–water partition coefficient (Wildman–Crippen LogP) is 1.28. The first-order valence-electron chi connectivity index (χ1n) is 6.16. The lowest BCUT2D eigenvalue weighted by molar-refractivity contribution is -0.128. The molecule has 2 amide bonds. The van der Waals surface area contributed by atoms with Crippen molar-refractivity contribution < 1.29 is 9.59 Å². The molecule has 1 rings (SSSR count). The average Bonchev–Trinajstić information content (AvgIpc) is 2.44. The van der Waals surface area contributed by atoms with Crippen LogP contribution in [0.4, 0.5) is 5.82 Å². The molecule has 0 aromatic carbocycles. The van der Waals surface area contributed by atoms with Gasteiger partial charge in [0.05, 0.1) is 10.4 Å². The number of nitrogens with zero attached hydrogens (tertiary/aromatic N) is 1. The van der Waals surface area contributed by atoms with Crippen molar-refractivity contribution in [3.05, 3.63) is 22.8 Å². The zero-order valence-electron chi connectivity index (χ0n) is 12.0. The van der Waals surface area contributed by atoms with Gasteiger partial charge in [0.2, 0.25) is 5.91 Å². The molecule has 20 heavy (non-hydrogen) atoms. The maximum Gasteiger partial charge on any atom is 0.271 e. The molecule has 0 radical (unpaired) electrons. The van der Waals surface area contributed by atoms with Gasteiger partial charge in [-0.3, -0.25) is 9.59 Å². The monoisotopic (exact) mass is 298 g/mol. The van der Waals surface area contributed by atoms with Gasteiger partial charge in [0.25, 0.3) is 5.91 Å². The highest BCUT2D eigenvalue weighted by molar-refractivity contribution is 6.33. The van der Waals surface area contributed by atoms with E-state index in [4.69, 9.17) is 11.6 Å². The zero-order valence-corrected chi connectivity index (χ0v) is 12.8. The maximum atomic E-state index is 12.1. The summed E-state index contributed by atoms with van der Waals surface area (Å²) in [5.74, 6) is -0.0185. The van der Waals surface area contributed by atoms with Crippen molar-refractivity contribution in [1.82, 2.24) is 15.6 Å². The summed E-state index contributed by atoms with van der Waals surface area (Å²) in [5.41, 5.74) is -0.580. The van der Waals surface area contributed by atoms with Gasteiger partial charge in [-0.25, -0.2) is 4.98 Å². The van der Waals surface area contributed by atoms with Gasteiger partial charge in [-0.2, -0.15) is 0 Å². The molecular formula is C13H19ClN4O2. The van der Waals surface area contributed by atoms with Crippen LogP contribution in [-0.4, -0.2) is 37.4 Å². The summed E-state index contributed by atoms with van der Waals surface area (Å²) in [7, 11) is 3.26. The predicted molar refractivity (Wildman–Crippen MR) is 79.0 cm³/mol. The Morgan fingerprint density at radius 1 is 1.30 bits per heavy atom. The molecule has 0 atom stereocenters. The lowest BCUT2D eigenvalue weighted by Gasteiger charge is -2.22. The van der Waals surface area contributed by atoms with E-state index in [9.17, 15) is 9.59 Å². The van der Waals surface area contributed by atoms with Crippen molar-refractivity contribution in [3.63, 3.8) is 0 Å². The third-order valence-corrected chi connectivity index (χ3v) is 3.15. The molecule has 1 aromatic heterocycles. The molecule has 1 aromatic rings. The van der Waals surface area contributed by atoms with Gasteiger partial charge in [-0.1, -0.05) is 11.6 Å². The number of nitrogens with one attached hydrogen (secondary N) is 3. The van der Waals surface area contributed by atoms with Crippen LogP contribution in [-0.2, 0) is 4.79 Å². The van der Waals surface area contributed by atoms with Crippen LogP contribution in [0.25, 0.3) is 0 Å². The summed E-state index contributed by atoms with van der Waals surface area (Å²) in [6.07, 6.45) is 0. The van der Waals surface area contributed by atoms with Gasteiger partial charge in [0.15, 0.2) is 0 Å². The van der Waals surface area contributed by atoms with Crippen molar-refractivity contribution in [2.45, 2.75) is 13.8 Å². The van der Waals surface area contributed by atoms with E-state index in [1.54, 1.807) is 40.1 Å². The number of rotatable bonds is 5. The number of hydrogen-bond donors (Lipinski definition) is 3. The Morgan fingerprint density at radius 3 is 2.50 bits per heavy atom. The molecular weight excluding hydrogens is 280 g/mol. The van der Waals surface area contributed by atoms with Crippen LogP contribution in [0.15, 0.2) is 12.1 Å². The zero-order chi connectivity index (χ0) is 15.3. The third kappa shape index (κ3) is 3.84. The van der Waals surface area contributed by atoms with Crippen LogP contribution in [0.2, 0.25) is 5.02 Å². The van der Waals surface area contributed by atoms with Gasteiger partial charge >= 0.3 is 0 Å². The molecule has 0 fully saturated rings. The molecule has 0 aliphatic carbocycles. The summed E-state index contributed by atoms with van der Waals surface area (Å²) >= 11 is 5.96. The molecule has 1 heterocycles. The van der Waals surface area contributed by atoms with E-state index in [-0.39, 0.29) is 23.2 Å². The Labute approximate surface area is 123 Å². The molecule has 3 N–H and O–H groups in total. The van der Waals surface area contributed by atoms with Crippen LogP contribution in [0.1, 0.15) is 24.3 Å². The Balaban J connectivity index is 2.80. The molecule has 0 saturated carbocycles. The average molecular weight is 299 g/mol. The first-order valence-corrected chi connectivity index (χ1v) is 6.54. The van der Waals surface area contributed by atoms with Crippen molar-refractivity contribution in [3.8, 4) is 0 Å². The Kier molecular flexibility index (Phi) is 5.33. The molecule has 110 valence electrons. The van der Waals surface area contributed by atoms with Crippen LogP contribution >= 0.6 is 11.6 Å². The van der Waals surface area contributed by atoms with Crippen LogP contribution < -0.4 is 16.0 Å². The number of amides is 2. The minimum absolute atomic E-state index is 0.131. The Hall–Kier alpha value is -1.82. The van der Waals surface area contributed by atoms with Crippen molar-refractivity contribution in [2.24, 2.45) is 5.41 Å².